The summed E-state index contributed by atoms with van der Waals surface area (Å²) >= 11 is 3.39. The van der Waals surface area contributed by atoms with E-state index >= 15 is 0 Å². The van der Waals surface area contributed by atoms with Crippen molar-refractivity contribution in [2.24, 2.45) is 5.10 Å². The highest BCUT2D eigenvalue weighted by Crippen LogP contribution is 2.17. The first-order chi connectivity index (χ1) is 9.66. The monoisotopic (exact) mass is 330 g/mol. The van der Waals surface area contributed by atoms with Gasteiger partial charge in [0.1, 0.15) is 0 Å². The number of hydrogen-bond donors (Lipinski definition) is 0. The summed E-state index contributed by atoms with van der Waals surface area (Å²) in [4.78, 5) is 11.9. The third-order valence-corrected chi connectivity index (χ3v) is 3.36. The lowest BCUT2D eigenvalue weighted by Gasteiger charge is -2.12. The van der Waals surface area contributed by atoms with Crippen molar-refractivity contribution in [3.05, 3.63) is 64.6 Å². The van der Waals surface area contributed by atoms with Crippen LogP contribution >= 0.6 is 15.9 Å². The first-order valence-corrected chi connectivity index (χ1v) is 7.06. The molecule has 2 aromatic carbocycles. The van der Waals surface area contributed by atoms with E-state index in [-0.39, 0.29) is 5.78 Å². The van der Waals surface area contributed by atoms with Crippen LogP contribution in [-0.2, 0) is 0 Å². The van der Waals surface area contributed by atoms with Gasteiger partial charge < -0.3 is 0 Å². The van der Waals surface area contributed by atoms with Gasteiger partial charge in [0.2, 0.25) is 0 Å². The van der Waals surface area contributed by atoms with Gasteiger partial charge in [-0.1, -0.05) is 46.3 Å². The molecule has 0 unspecified atom stereocenters. The van der Waals surface area contributed by atoms with Gasteiger partial charge in [-0.25, -0.2) is 0 Å². The first kappa shape index (κ1) is 14.5. The van der Waals surface area contributed by atoms with Gasteiger partial charge in [0.15, 0.2) is 5.78 Å². The SMILES string of the molecule is CN(/N=C/CC(=O)c1ccccc1)c1ccc(Br)cc1. The number of hydrazone groups is 1. The third kappa shape index (κ3) is 4.03. The zero-order chi connectivity index (χ0) is 14.4. The van der Waals surface area contributed by atoms with Gasteiger partial charge in [-0.2, -0.15) is 5.10 Å². The van der Waals surface area contributed by atoms with Crippen LogP contribution in [0, 0.1) is 0 Å². The first-order valence-electron chi connectivity index (χ1n) is 6.27. The Morgan fingerprint density at radius 2 is 1.80 bits per heavy atom. The molecule has 2 aromatic rings. The van der Waals surface area contributed by atoms with E-state index < -0.39 is 0 Å². The number of nitrogens with zero attached hydrogens (tertiary/aromatic N) is 2. The normalized spacial score (nSPS) is 10.7. The van der Waals surface area contributed by atoms with Crippen molar-refractivity contribution in [3.63, 3.8) is 0 Å². The van der Waals surface area contributed by atoms with Crippen molar-refractivity contribution in [2.75, 3.05) is 12.1 Å². The fraction of sp³-hybridized carbons (Fsp3) is 0.125. The summed E-state index contributed by atoms with van der Waals surface area (Å²) < 4.78 is 1.03. The molecule has 2 rings (SSSR count). The average molecular weight is 331 g/mol. The number of benzene rings is 2. The van der Waals surface area contributed by atoms with Crippen molar-refractivity contribution in [1.29, 1.82) is 0 Å². The van der Waals surface area contributed by atoms with Gasteiger partial charge in [-0.3, -0.25) is 9.80 Å². The van der Waals surface area contributed by atoms with Crippen molar-refractivity contribution in [3.8, 4) is 0 Å². The molecule has 0 atom stereocenters. The van der Waals surface area contributed by atoms with Crippen LogP contribution in [-0.4, -0.2) is 19.0 Å². The lowest BCUT2D eigenvalue weighted by Crippen LogP contribution is -2.09. The second kappa shape index (κ2) is 7.01. The molecule has 0 aromatic heterocycles. The summed E-state index contributed by atoms with van der Waals surface area (Å²) in [5.74, 6) is 0.0681. The second-order valence-corrected chi connectivity index (χ2v) is 5.21. The van der Waals surface area contributed by atoms with Gasteiger partial charge in [-0.05, 0) is 24.3 Å². The predicted octanol–water partition coefficient (Wildman–Crippen LogP) is 4.14. The average Bonchev–Trinajstić information content (AvgIpc) is 2.48. The highest BCUT2D eigenvalue weighted by molar-refractivity contribution is 9.10. The number of anilines is 1. The number of carbonyl (C=O) groups excluding carboxylic acids is 1. The Hall–Kier alpha value is -1.94. The number of carbonyl (C=O) groups is 1. The molecule has 0 amide bonds. The van der Waals surface area contributed by atoms with Crippen LogP contribution in [0.4, 0.5) is 5.69 Å². The summed E-state index contributed by atoms with van der Waals surface area (Å²) in [6.45, 7) is 0. The summed E-state index contributed by atoms with van der Waals surface area (Å²) in [6.07, 6.45) is 1.93. The molecule has 0 radical (unpaired) electrons. The van der Waals surface area contributed by atoms with E-state index in [0.29, 0.717) is 12.0 Å². The number of Topliss-reactive ketones (excluding diaryl/α,β-unsaturated/α-hetero) is 1. The molecule has 0 saturated carbocycles. The van der Waals surface area contributed by atoms with Gasteiger partial charge >= 0.3 is 0 Å². The third-order valence-electron chi connectivity index (χ3n) is 2.83. The van der Waals surface area contributed by atoms with Gasteiger partial charge in [-0.15, -0.1) is 0 Å². The van der Waals surface area contributed by atoms with Crippen molar-refractivity contribution in [2.45, 2.75) is 6.42 Å². The number of hydrogen-bond acceptors (Lipinski definition) is 3. The Morgan fingerprint density at radius 1 is 1.15 bits per heavy atom. The lowest BCUT2D eigenvalue weighted by atomic mass is 10.1. The minimum absolute atomic E-state index is 0.0681. The van der Waals surface area contributed by atoms with Crippen LogP contribution in [0.3, 0.4) is 0 Å². The van der Waals surface area contributed by atoms with E-state index in [1.807, 2.05) is 61.6 Å². The van der Waals surface area contributed by atoms with Crippen molar-refractivity contribution < 1.29 is 4.79 Å². The van der Waals surface area contributed by atoms with Gasteiger partial charge in [0.05, 0.1) is 5.69 Å². The number of ketones is 1. The Morgan fingerprint density at radius 3 is 2.45 bits per heavy atom. The van der Waals surface area contributed by atoms with Gasteiger partial charge in [0.25, 0.3) is 0 Å². The van der Waals surface area contributed by atoms with Crippen LogP contribution in [0.25, 0.3) is 0 Å². The van der Waals surface area contributed by atoms with E-state index in [2.05, 4.69) is 21.0 Å². The van der Waals surface area contributed by atoms with Crippen LogP contribution in [0.15, 0.2) is 64.2 Å². The Bertz CT molecular complexity index is 594. The Kier molecular flexibility index (Phi) is 5.07. The van der Waals surface area contributed by atoms with E-state index in [4.69, 9.17) is 0 Å². The fourth-order valence-electron chi connectivity index (χ4n) is 1.71. The highest BCUT2D eigenvalue weighted by atomic mass is 79.9. The standard InChI is InChI=1S/C16H15BrN2O/c1-19(15-9-7-14(17)8-10-15)18-12-11-16(20)13-5-3-2-4-6-13/h2-10,12H,11H2,1H3/b18-12+. The zero-order valence-electron chi connectivity index (χ0n) is 11.2. The van der Waals surface area contributed by atoms with Crippen molar-refractivity contribution in [1.82, 2.24) is 0 Å². The molecule has 0 N–H and O–H groups in total. The lowest BCUT2D eigenvalue weighted by molar-refractivity contribution is 0.100. The molecule has 20 heavy (non-hydrogen) atoms. The van der Waals surface area contributed by atoms with Gasteiger partial charge in [0, 0.05) is 29.7 Å². The minimum Gasteiger partial charge on any atom is -0.294 e. The molecular formula is C16H15BrN2O. The molecular weight excluding hydrogens is 316 g/mol. The largest absolute Gasteiger partial charge is 0.294 e. The van der Waals surface area contributed by atoms with Crippen LogP contribution < -0.4 is 5.01 Å². The molecule has 0 bridgehead atoms. The predicted molar refractivity (Wildman–Crippen MR) is 86.4 cm³/mol. The maximum Gasteiger partial charge on any atom is 0.168 e. The topological polar surface area (TPSA) is 32.7 Å². The summed E-state index contributed by atoms with van der Waals surface area (Å²) in [6, 6.07) is 17.1. The summed E-state index contributed by atoms with van der Waals surface area (Å²) in [5.41, 5.74) is 1.68. The fourth-order valence-corrected chi connectivity index (χ4v) is 1.98. The molecule has 0 aliphatic rings. The number of rotatable bonds is 5. The summed E-state index contributed by atoms with van der Waals surface area (Å²) in [5, 5.41) is 6.00. The van der Waals surface area contributed by atoms with E-state index in [1.54, 1.807) is 11.2 Å². The van der Waals surface area contributed by atoms with Crippen LogP contribution in [0.5, 0.6) is 0 Å². The quantitative estimate of drug-likeness (QED) is 0.468. The van der Waals surface area contributed by atoms with Crippen LogP contribution in [0.1, 0.15) is 16.8 Å². The highest BCUT2D eigenvalue weighted by Gasteiger charge is 2.03. The minimum atomic E-state index is 0.0681. The van der Waals surface area contributed by atoms with E-state index in [9.17, 15) is 4.79 Å². The number of halogens is 1. The molecule has 0 aliphatic heterocycles. The molecule has 0 spiro atoms. The maximum atomic E-state index is 11.9. The maximum absolute atomic E-state index is 11.9. The molecule has 0 aliphatic carbocycles. The molecule has 102 valence electrons. The Balaban J connectivity index is 1.93. The molecule has 3 nitrogen and oxygen atoms in total. The smallest absolute Gasteiger partial charge is 0.168 e. The van der Waals surface area contributed by atoms with Crippen LogP contribution in [0.2, 0.25) is 0 Å². The molecule has 4 heteroatoms. The molecule has 0 fully saturated rings. The van der Waals surface area contributed by atoms with Crippen molar-refractivity contribution >= 4 is 33.6 Å². The second-order valence-electron chi connectivity index (χ2n) is 4.29. The molecule has 0 heterocycles. The van der Waals surface area contributed by atoms with E-state index in [1.165, 1.54) is 0 Å². The zero-order valence-corrected chi connectivity index (χ0v) is 12.7. The summed E-state index contributed by atoms with van der Waals surface area (Å²) in [7, 11) is 1.85. The Labute approximate surface area is 127 Å². The van der Waals surface area contributed by atoms with E-state index in [0.717, 1.165) is 10.2 Å². The molecule has 0 saturated heterocycles.